The smallest absolute Gasteiger partial charge is 0.211 e. The highest BCUT2D eigenvalue weighted by Crippen LogP contribution is 2.26. The third-order valence-electron chi connectivity index (χ3n) is 3.29. The Morgan fingerprint density at radius 3 is 2.81 bits per heavy atom. The van der Waals surface area contributed by atoms with Crippen LogP contribution >= 0.6 is 0 Å². The van der Waals surface area contributed by atoms with Crippen LogP contribution in [0.4, 0.5) is 4.39 Å². The quantitative estimate of drug-likeness (QED) is 0.625. The third-order valence-corrected chi connectivity index (χ3v) is 5.18. The molecule has 1 aromatic carbocycles. The number of nitrogens with zero attached hydrogens (tertiary/aromatic N) is 3. The van der Waals surface area contributed by atoms with Crippen molar-refractivity contribution in [1.29, 1.82) is 5.26 Å². The Labute approximate surface area is 121 Å². The molecular weight excluding hydrogens is 297 g/mol. The number of sulfonamides is 1. The number of halogens is 1. The molecule has 1 unspecified atom stereocenters. The average Bonchev–Trinajstić information content (AvgIpc) is 2.48. The summed E-state index contributed by atoms with van der Waals surface area (Å²) in [4.78, 5) is 13.8. The maximum absolute atomic E-state index is 13.3. The Kier molecular flexibility index (Phi) is 4.48. The number of isocyanates is 1. The second-order valence-electron chi connectivity index (χ2n) is 4.57. The topological polar surface area (TPSA) is 90.6 Å². The minimum absolute atomic E-state index is 0.187. The molecule has 21 heavy (non-hydrogen) atoms. The van der Waals surface area contributed by atoms with E-state index in [0.717, 1.165) is 28.9 Å². The van der Waals surface area contributed by atoms with Crippen molar-refractivity contribution in [3.05, 3.63) is 29.6 Å². The van der Waals surface area contributed by atoms with Crippen LogP contribution in [0.1, 0.15) is 24.8 Å². The molecule has 1 heterocycles. The third kappa shape index (κ3) is 3.00. The van der Waals surface area contributed by atoms with Crippen LogP contribution in [0.5, 0.6) is 0 Å². The maximum Gasteiger partial charge on any atom is 0.244 e. The van der Waals surface area contributed by atoms with Crippen molar-refractivity contribution >= 4 is 16.1 Å². The molecule has 1 aromatic rings. The van der Waals surface area contributed by atoms with Crippen LogP contribution in [0.15, 0.2) is 28.1 Å². The fourth-order valence-electron chi connectivity index (χ4n) is 2.24. The van der Waals surface area contributed by atoms with Gasteiger partial charge in [0.05, 0.1) is 10.5 Å². The van der Waals surface area contributed by atoms with Gasteiger partial charge in [0.15, 0.2) is 0 Å². The van der Waals surface area contributed by atoms with Gasteiger partial charge in [0, 0.05) is 6.54 Å². The van der Waals surface area contributed by atoms with Crippen molar-refractivity contribution in [1.82, 2.24) is 4.31 Å². The Morgan fingerprint density at radius 2 is 2.14 bits per heavy atom. The van der Waals surface area contributed by atoms with Gasteiger partial charge in [-0.25, -0.2) is 17.6 Å². The summed E-state index contributed by atoms with van der Waals surface area (Å²) in [6.45, 7) is 0.220. The molecule has 0 aliphatic carbocycles. The van der Waals surface area contributed by atoms with E-state index in [4.69, 9.17) is 5.26 Å². The van der Waals surface area contributed by atoms with Crippen LogP contribution in [-0.4, -0.2) is 31.5 Å². The highest BCUT2D eigenvalue weighted by atomic mass is 32.2. The summed E-state index contributed by atoms with van der Waals surface area (Å²) >= 11 is 0. The summed E-state index contributed by atoms with van der Waals surface area (Å²) in [6, 6.07) is 4.63. The lowest BCUT2D eigenvalue weighted by Gasteiger charge is -2.31. The van der Waals surface area contributed by atoms with Gasteiger partial charge in [-0.3, -0.25) is 0 Å². The van der Waals surface area contributed by atoms with E-state index in [1.54, 1.807) is 6.07 Å². The molecule has 6 nitrogen and oxygen atoms in total. The molecule has 0 radical (unpaired) electrons. The van der Waals surface area contributed by atoms with E-state index in [2.05, 4.69) is 4.99 Å². The maximum atomic E-state index is 13.3. The number of aliphatic imine (C=N–C) groups is 1. The van der Waals surface area contributed by atoms with Gasteiger partial charge in [-0.1, -0.05) is 0 Å². The number of benzene rings is 1. The summed E-state index contributed by atoms with van der Waals surface area (Å²) in [5, 5.41) is 8.79. The van der Waals surface area contributed by atoms with Gasteiger partial charge in [0.2, 0.25) is 16.1 Å². The Bertz CT molecular complexity index is 736. The first-order chi connectivity index (χ1) is 10.0. The molecular formula is C13H12FN3O3S. The first-order valence-electron chi connectivity index (χ1n) is 6.29. The van der Waals surface area contributed by atoms with Crippen LogP contribution in [0.3, 0.4) is 0 Å². The predicted molar refractivity (Wildman–Crippen MR) is 70.8 cm³/mol. The number of carbonyl (C=O) groups excluding carboxylic acids is 1. The number of rotatable bonds is 3. The van der Waals surface area contributed by atoms with Gasteiger partial charge in [0.1, 0.15) is 18.1 Å². The van der Waals surface area contributed by atoms with E-state index < -0.39 is 22.0 Å². The summed E-state index contributed by atoms with van der Waals surface area (Å²) in [5.74, 6) is -0.780. The molecule has 0 spiro atoms. The molecule has 1 aliphatic heterocycles. The van der Waals surface area contributed by atoms with Crippen molar-refractivity contribution in [3.63, 3.8) is 0 Å². The van der Waals surface area contributed by atoms with Gasteiger partial charge in [-0.15, -0.1) is 0 Å². The molecule has 0 amide bonds. The van der Waals surface area contributed by atoms with Crippen LogP contribution in [-0.2, 0) is 14.8 Å². The number of piperidine rings is 1. The molecule has 0 bridgehead atoms. The normalized spacial score (nSPS) is 19.5. The highest BCUT2D eigenvalue weighted by molar-refractivity contribution is 7.89. The van der Waals surface area contributed by atoms with Crippen LogP contribution in [0, 0.1) is 17.1 Å². The average molecular weight is 309 g/mol. The van der Waals surface area contributed by atoms with Crippen LogP contribution < -0.4 is 0 Å². The van der Waals surface area contributed by atoms with Crippen molar-refractivity contribution in [2.45, 2.75) is 30.3 Å². The molecule has 1 aliphatic rings. The fourth-order valence-corrected chi connectivity index (χ4v) is 3.86. The minimum atomic E-state index is -3.94. The molecule has 1 saturated heterocycles. The predicted octanol–water partition coefficient (Wildman–Crippen LogP) is 1.53. The zero-order chi connectivity index (χ0) is 15.5. The first kappa shape index (κ1) is 15.3. The summed E-state index contributed by atoms with van der Waals surface area (Å²) in [5.41, 5.74) is -0.344. The van der Waals surface area contributed by atoms with Gasteiger partial charge in [0.25, 0.3) is 0 Å². The number of hydrogen-bond acceptors (Lipinski definition) is 5. The Hall–Kier alpha value is -2.07. The largest absolute Gasteiger partial charge is 0.244 e. The van der Waals surface area contributed by atoms with E-state index in [9.17, 15) is 17.6 Å². The zero-order valence-electron chi connectivity index (χ0n) is 11.0. The number of nitriles is 1. The van der Waals surface area contributed by atoms with Crippen molar-refractivity contribution in [3.8, 4) is 6.07 Å². The van der Waals surface area contributed by atoms with E-state index in [1.165, 1.54) is 6.08 Å². The van der Waals surface area contributed by atoms with Crippen LogP contribution in [0.25, 0.3) is 0 Å². The molecule has 1 fully saturated rings. The lowest BCUT2D eigenvalue weighted by Crippen LogP contribution is -2.42. The van der Waals surface area contributed by atoms with Gasteiger partial charge in [-0.05, 0) is 37.5 Å². The van der Waals surface area contributed by atoms with Crippen LogP contribution in [0.2, 0.25) is 0 Å². The molecule has 2 rings (SSSR count). The molecule has 110 valence electrons. The minimum Gasteiger partial charge on any atom is -0.211 e. The second kappa shape index (κ2) is 6.14. The summed E-state index contributed by atoms with van der Waals surface area (Å²) in [6.07, 6.45) is 2.42. The van der Waals surface area contributed by atoms with Gasteiger partial charge >= 0.3 is 0 Å². The monoisotopic (exact) mass is 309 g/mol. The highest BCUT2D eigenvalue weighted by Gasteiger charge is 2.33. The lowest BCUT2D eigenvalue weighted by atomic mass is 10.1. The SMILES string of the molecule is N#Cc1cc(S(=O)(=O)N2CCCCC2N=C=O)ccc1F. The summed E-state index contributed by atoms with van der Waals surface area (Å²) < 4.78 is 39.5. The molecule has 0 aromatic heterocycles. The molecule has 0 saturated carbocycles. The van der Waals surface area contributed by atoms with E-state index in [0.29, 0.717) is 12.8 Å². The fraction of sp³-hybridized carbons (Fsp3) is 0.385. The Morgan fingerprint density at radius 1 is 1.38 bits per heavy atom. The summed E-state index contributed by atoms with van der Waals surface area (Å²) in [7, 11) is -3.94. The molecule has 0 N–H and O–H groups in total. The molecule has 8 heteroatoms. The second-order valence-corrected chi connectivity index (χ2v) is 6.46. The van der Waals surface area contributed by atoms with E-state index in [-0.39, 0.29) is 17.0 Å². The van der Waals surface area contributed by atoms with Crippen molar-refractivity contribution < 1.29 is 17.6 Å². The number of hydrogen-bond donors (Lipinski definition) is 0. The van der Waals surface area contributed by atoms with E-state index >= 15 is 0 Å². The van der Waals surface area contributed by atoms with Crippen molar-refractivity contribution in [2.24, 2.45) is 4.99 Å². The van der Waals surface area contributed by atoms with Gasteiger partial charge in [-0.2, -0.15) is 14.6 Å². The van der Waals surface area contributed by atoms with E-state index in [1.807, 2.05) is 0 Å². The first-order valence-corrected chi connectivity index (χ1v) is 7.73. The zero-order valence-corrected chi connectivity index (χ0v) is 11.8. The molecule has 1 atom stereocenters. The van der Waals surface area contributed by atoms with Gasteiger partial charge < -0.3 is 0 Å². The lowest BCUT2D eigenvalue weighted by molar-refractivity contribution is 0.259. The van der Waals surface area contributed by atoms with Crippen molar-refractivity contribution in [2.75, 3.05) is 6.54 Å². The standard InChI is InChI=1S/C13H12FN3O3S/c14-12-5-4-11(7-10(12)8-15)21(19,20)17-6-2-1-3-13(17)16-9-18/h4-5,7,13H,1-3,6H2. The Balaban J connectivity index is 2.45.